The van der Waals surface area contributed by atoms with Crippen LogP contribution in [0.5, 0.6) is 0 Å². The number of nitrogens with zero attached hydrogens (tertiary/aromatic N) is 1. The van der Waals surface area contributed by atoms with Gasteiger partial charge in [0.1, 0.15) is 12.4 Å². The highest BCUT2D eigenvalue weighted by Gasteiger charge is 2.39. The molecule has 3 atom stereocenters. The van der Waals surface area contributed by atoms with E-state index in [0.29, 0.717) is 6.42 Å². The maximum atomic E-state index is 14.4. The number of halogens is 4. The van der Waals surface area contributed by atoms with Crippen LogP contribution in [0.25, 0.3) is 0 Å². The van der Waals surface area contributed by atoms with Crippen LogP contribution in [0.4, 0.5) is 9.18 Å². The van der Waals surface area contributed by atoms with E-state index in [0.717, 1.165) is 16.5 Å². The summed E-state index contributed by atoms with van der Waals surface area (Å²) in [4.78, 5) is 37.5. The molecule has 1 aliphatic heterocycles. The number of carbonyl (C=O) groups excluding carboxylic acids is 3. The molecule has 2 rings (SSSR count). The molecule has 1 saturated heterocycles. The van der Waals surface area contributed by atoms with Crippen LogP contribution >= 0.6 is 34.8 Å². The van der Waals surface area contributed by atoms with Crippen LogP contribution in [-0.4, -0.2) is 45.3 Å². The van der Waals surface area contributed by atoms with Gasteiger partial charge in [-0.05, 0) is 31.9 Å². The van der Waals surface area contributed by atoms with Crippen molar-refractivity contribution in [3.63, 3.8) is 0 Å². The minimum Gasteiger partial charge on any atom is -0.447 e. The Labute approximate surface area is 182 Å². The van der Waals surface area contributed by atoms with Crippen molar-refractivity contribution in [2.24, 2.45) is 5.92 Å². The zero-order valence-corrected chi connectivity index (χ0v) is 18.0. The summed E-state index contributed by atoms with van der Waals surface area (Å²) in [7, 11) is 0. The van der Waals surface area contributed by atoms with Crippen LogP contribution in [0, 0.1) is 5.92 Å². The maximum Gasteiger partial charge on any atom is 0.417 e. The third-order valence-corrected chi connectivity index (χ3v) is 4.85. The van der Waals surface area contributed by atoms with Crippen molar-refractivity contribution in [2.45, 2.75) is 36.1 Å². The molecule has 1 fully saturated rings. The normalized spacial score (nSPS) is 19.5. The fraction of sp³-hybridized carbons (Fsp3) is 0.421. The van der Waals surface area contributed by atoms with Gasteiger partial charge in [-0.15, -0.1) is 0 Å². The van der Waals surface area contributed by atoms with E-state index in [1.807, 2.05) is 30.3 Å². The number of imide groups is 1. The van der Waals surface area contributed by atoms with Gasteiger partial charge >= 0.3 is 6.09 Å². The molecule has 0 bridgehead atoms. The number of alkyl halides is 3. The van der Waals surface area contributed by atoms with Crippen molar-refractivity contribution in [1.82, 2.24) is 10.2 Å². The van der Waals surface area contributed by atoms with Gasteiger partial charge in [-0.25, -0.2) is 14.1 Å². The van der Waals surface area contributed by atoms with E-state index >= 15 is 0 Å². The lowest BCUT2D eigenvalue weighted by molar-refractivity contribution is -0.131. The Hall–Kier alpha value is -1.83. The smallest absolute Gasteiger partial charge is 0.417 e. The Bertz CT molecular complexity index is 798. The van der Waals surface area contributed by atoms with E-state index in [1.54, 1.807) is 0 Å². The zero-order valence-electron chi connectivity index (χ0n) is 15.7. The maximum absolute atomic E-state index is 14.4. The van der Waals surface area contributed by atoms with Crippen LogP contribution in [0.2, 0.25) is 0 Å². The molecule has 0 radical (unpaired) electrons. The lowest BCUT2D eigenvalue weighted by atomic mass is 10.0. The van der Waals surface area contributed by atoms with Crippen LogP contribution in [0.1, 0.15) is 19.4 Å². The van der Waals surface area contributed by atoms with Crippen molar-refractivity contribution in [1.29, 1.82) is 0 Å². The van der Waals surface area contributed by atoms with Gasteiger partial charge in [-0.1, -0.05) is 65.1 Å². The first-order chi connectivity index (χ1) is 13.5. The Balaban J connectivity index is 2.07. The Kier molecular flexibility index (Phi) is 7.91. The summed E-state index contributed by atoms with van der Waals surface area (Å²) >= 11 is 16.3. The molecular weight excluding hydrogens is 446 g/mol. The van der Waals surface area contributed by atoms with Gasteiger partial charge < -0.3 is 10.1 Å². The highest BCUT2D eigenvalue weighted by molar-refractivity contribution is 6.76. The van der Waals surface area contributed by atoms with Crippen molar-refractivity contribution in [2.75, 3.05) is 6.61 Å². The quantitative estimate of drug-likeness (QED) is 0.646. The number of amides is 3. The van der Waals surface area contributed by atoms with Gasteiger partial charge in [0.2, 0.25) is 5.91 Å². The first-order valence-corrected chi connectivity index (χ1v) is 9.92. The Morgan fingerprint density at radius 2 is 1.93 bits per heavy atom. The molecule has 0 aromatic heterocycles. The highest BCUT2D eigenvalue weighted by atomic mass is 35.6. The zero-order chi connectivity index (χ0) is 21.8. The average Bonchev–Trinajstić information content (AvgIpc) is 3.01. The van der Waals surface area contributed by atoms with Crippen LogP contribution < -0.4 is 5.32 Å². The van der Waals surface area contributed by atoms with Gasteiger partial charge in [0.05, 0.1) is 18.0 Å². The summed E-state index contributed by atoms with van der Waals surface area (Å²) in [5.41, 5.74) is 0.936. The Morgan fingerprint density at radius 1 is 1.31 bits per heavy atom. The van der Waals surface area contributed by atoms with E-state index in [2.05, 4.69) is 5.32 Å². The number of hydrogen-bond donors (Lipinski definition) is 1. The summed E-state index contributed by atoms with van der Waals surface area (Å²) in [6.07, 6.45) is 0.665. The highest BCUT2D eigenvalue weighted by Crippen LogP contribution is 2.27. The molecule has 158 valence electrons. The third kappa shape index (κ3) is 6.32. The standard InChI is InChI=1S/C19H20Cl3FN2O4/c1-11(8-15(23)12(2)24-17(27)19(20,21)22)16(26)25-14(10-29-18(25)28)9-13-6-4-3-5-7-13/h3-8,11-12,14H,9-10H2,1-2H3,(H,24,27)/b15-8+/t11-,12-,14+/m0/s1. The van der Waals surface area contributed by atoms with Gasteiger partial charge in [0.25, 0.3) is 9.70 Å². The fourth-order valence-electron chi connectivity index (χ4n) is 2.79. The van der Waals surface area contributed by atoms with E-state index in [9.17, 15) is 18.8 Å². The summed E-state index contributed by atoms with van der Waals surface area (Å²) in [5, 5.41) is 2.19. The number of hydrogen-bond acceptors (Lipinski definition) is 4. The molecule has 0 saturated carbocycles. The molecule has 1 heterocycles. The molecule has 1 aromatic rings. The predicted octanol–water partition coefficient (Wildman–Crippen LogP) is 3.94. The van der Waals surface area contributed by atoms with Crippen molar-refractivity contribution in [3.05, 3.63) is 47.8 Å². The van der Waals surface area contributed by atoms with Gasteiger partial charge in [-0.3, -0.25) is 9.59 Å². The summed E-state index contributed by atoms with van der Waals surface area (Å²) in [6, 6.07) is 7.71. The SMILES string of the molecule is C[C@H](NC(=O)C(Cl)(Cl)Cl)/C(F)=C\[C@H](C)C(=O)N1C(=O)OC[C@H]1Cc1ccccc1. The minimum absolute atomic E-state index is 0.0636. The largest absolute Gasteiger partial charge is 0.447 e. The van der Waals surface area contributed by atoms with E-state index in [1.165, 1.54) is 13.8 Å². The van der Waals surface area contributed by atoms with Gasteiger partial charge in [-0.2, -0.15) is 0 Å². The third-order valence-electron chi connectivity index (χ3n) is 4.33. The van der Waals surface area contributed by atoms with E-state index in [-0.39, 0.29) is 6.61 Å². The van der Waals surface area contributed by atoms with Gasteiger partial charge in [0.15, 0.2) is 0 Å². The second-order valence-electron chi connectivity index (χ2n) is 6.66. The second-order valence-corrected chi connectivity index (χ2v) is 8.94. The molecule has 0 aliphatic carbocycles. The number of rotatable bonds is 6. The molecule has 10 heteroatoms. The van der Waals surface area contributed by atoms with Crippen molar-refractivity contribution in [3.8, 4) is 0 Å². The summed E-state index contributed by atoms with van der Waals surface area (Å²) < 4.78 is 17.2. The second kappa shape index (κ2) is 9.78. The predicted molar refractivity (Wildman–Crippen MR) is 108 cm³/mol. The molecule has 0 unspecified atom stereocenters. The number of benzene rings is 1. The number of ether oxygens (including phenoxy) is 1. The summed E-state index contributed by atoms with van der Waals surface area (Å²) in [6.45, 7) is 2.84. The molecule has 1 aliphatic rings. The monoisotopic (exact) mass is 464 g/mol. The number of cyclic esters (lactones) is 1. The van der Waals surface area contributed by atoms with E-state index < -0.39 is 45.5 Å². The van der Waals surface area contributed by atoms with E-state index in [4.69, 9.17) is 39.5 Å². The fourth-order valence-corrected chi connectivity index (χ4v) is 2.95. The molecular formula is C19H20Cl3FN2O4. The topological polar surface area (TPSA) is 75.7 Å². The number of nitrogens with one attached hydrogen (secondary N) is 1. The Morgan fingerprint density at radius 3 is 2.52 bits per heavy atom. The molecule has 29 heavy (non-hydrogen) atoms. The van der Waals surface area contributed by atoms with Crippen LogP contribution in [0.3, 0.4) is 0 Å². The molecule has 1 N–H and O–H groups in total. The summed E-state index contributed by atoms with van der Waals surface area (Å²) in [5.74, 6) is -3.39. The first-order valence-electron chi connectivity index (χ1n) is 8.79. The van der Waals surface area contributed by atoms with Crippen LogP contribution in [0.15, 0.2) is 42.2 Å². The lowest BCUT2D eigenvalue weighted by Gasteiger charge is -2.22. The minimum atomic E-state index is -2.24. The van der Waals surface area contributed by atoms with Crippen molar-refractivity contribution >= 4 is 52.7 Å². The van der Waals surface area contributed by atoms with Crippen molar-refractivity contribution < 1.29 is 23.5 Å². The first kappa shape index (κ1) is 23.4. The van der Waals surface area contributed by atoms with Crippen LogP contribution in [-0.2, 0) is 20.7 Å². The molecule has 3 amide bonds. The van der Waals surface area contributed by atoms with Gasteiger partial charge in [0, 0.05) is 0 Å². The molecule has 6 nitrogen and oxygen atoms in total. The number of carbonyl (C=O) groups is 3. The molecule has 0 spiro atoms. The molecule has 1 aromatic carbocycles. The average molecular weight is 466 g/mol. The lowest BCUT2D eigenvalue weighted by Crippen LogP contribution is -2.43.